The second-order valence-corrected chi connectivity index (χ2v) is 8.18. The van der Waals surface area contributed by atoms with Crippen LogP contribution in [0, 0.1) is 0 Å². The van der Waals surface area contributed by atoms with E-state index in [1.54, 1.807) is 6.20 Å². The topological polar surface area (TPSA) is 72.4 Å². The predicted molar refractivity (Wildman–Crippen MR) is 118 cm³/mol. The lowest BCUT2D eigenvalue weighted by molar-refractivity contribution is -0.132. The van der Waals surface area contributed by atoms with Crippen molar-refractivity contribution in [2.24, 2.45) is 0 Å². The molecular formula is C24H22ClN3O3. The molecule has 3 heterocycles. The number of carbonyl (C=O) groups is 1. The molecule has 1 aliphatic rings. The first kappa shape index (κ1) is 19.8. The van der Waals surface area contributed by atoms with Gasteiger partial charge in [0, 0.05) is 37.4 Å². The van der Waals surface area contributed by atoms with E-state index in [4.69, 9.17) is 20.4 Å². The zero-order valence-corrected chi connectivity index (χ0v) is 17.7. The normalized spacial score (nSPS) is 14.9. The van der Waals surface area contributed by atoms with Crippen LogP contribution in [0.2, 0.25) is 5.02 Å². The largest absolute Gasteiger partial charge is 0.441 e. The van der Waals surface area contributed by atoms with E-state index < -0.39 is 0 Å². The van der Waals surface area contributed by atoms with E-state index in [0.29, 0.717) is 42.6 Å². The number of hydrogen-bond acceptors (Lipinski definition) is 5. The fourth-order valence-electron chi connectivity index (χ4n) is 4.02. The second-order valence-electron chi connectivity index (χ2n) is 7.77. The highest BCUT2D eigenvalue weighted by Crippen LogP contribution is 2.31. The molecule has 7 heteroatoms. The number of benzene rings is 2. The van der Waals surface area contributed by atoms with E-state index in [0.717, 1.165) is 35.4 Å². The van der Waals surface area contributed by atoms with Gasteiger partial charge in [0.05, 0.1) is 11.2 Å². The van der Waals surface area contributed by atoms with E-state index in [2.05, 4.69) is 9.97 Å². The van der Waals surface area contributed by atoms with Crippen molar-refractivity contribution in [1.29, 1.82) is 0 Å². The number of halogens is 1. The molecule has 5 rings (SSSR count). The third kappa shape index (κ3) is 4.21. The number of amides is 1. The molecule has 0 radical (unpaired) electrons. The van der Waals surface area contributed by atoms with E-state index in [-0.39, 0.29) is 11.8 Å². The first-order chi connectivity index (χ1) is 15.2. The average Bonchev–Trinajstić information content (AvgIpc) is 3.45. The number of fused-ring (bicyclic) bond motifs is 1. The smallest absolute Gasteiger partial charge is 0.223 e. The summed E-state index contributed by atoms with van der Waals surface area (Å²) < 4.78 is 11.7. The van der Waals surface area contributed by atoms with Crippen molar-refractivity contribution >= 4 is 28.6 Å². The van der Waals surface area contributed by atoms with Crippen molar-refractivity contribution < 1.29 is 13.6 Å². The molecule has 0 bridgehead atoms. The number of rotatable bonds is 5. The van der Waals surface area contributed by atoms with Crippen LogP contribution in [0.3, 0.4) is 0 Å². The van der Waals surface area contributed by atoms with E-state index in [9.17, 15) is 4.79 Å². The molecular weight excluding hydrogens is 414 g/mol. The Hall–Kier alpha value is -3.12. The highest BCUT2D eigenvalue weighted by molar-refractivity contribution is 6.33. The Kier molecular flexibility index (Phi) is 5.47. The minimum atomic E-state index is 0.119. The molecule has 4 aromatic rings. The minimum absolute atomic E-state index is 0.119. The zero-order chi connectivity index (χ0) is 21.2. The van der Waals surface area contributed by atoms with Crippen LogP contribution in [0.25, 0.3) is 22.4 Å². The first-order valence-corrected chi connectivity index (χ1v) is 10.9. The van der Waals surface area contributed by atoms with Gasteiger partial charge in [-0.1, -0.05) is 35.9 Å². The van der Waals surface area contributed by atoms with Gasteiger partial charge in [-0.15, -0.1) is 0 Å². The molecule has 158 valence electrons. The summed E-state index contributed by atoms with van der Waals surface area (Å²) in [6.07, 6.45) is 4.21. The van der Waals surface area contributed by atoms with Crippen LogP contribution < -0.4 is 0 Å². The Morgan fingerprint density at radius 2 is 1.84 bits per heavy atom. The molecule has 1 aliphatic heterocycles. The molecule has 1 amide bonds. The maximum absolute atomic E-state index is 12.7. The molecule has 0 unspecified atom stereocenters. The Morgan fingerprint density at radius 3 is 2.65 bits per heavy atom. The van der Waals surface area contributed by atoms with Gasteiger partial charge in [-0.2, -0.15) is 0 Å². The van der Waals surface area contributed by atoms with Crippen molar-refractivity contribution in [2.75, 3.05) is 13.1 Å². The highest BCUT2D eigenvalue weighted by Gasteiger charge is 2.27. The van der Waals surface area contributed by atoms with Gasteiger partial charge < -0.3 is 13.7 Å². The van der Waals surface area contributed by atoms with E-state index >= 15 is 0 Å². The lowest BCUT2D eigenvalue weighted by Gasteiger charge is -2.30. The van der Waals surface area contributed by atoms with Gasteiger partial charge in [-0.25, -0.2) is 9.97 Å². The number of aromatic nitrogens is 2. The molecule has 6 nitrogen and oxygen atoms in total. The molecule has 0 N–H and O–H groups in total. The Bertz CT molecular complexity index is 1170. The van der Waals surface area contributed by atoms with Gasteiger partial charge in [-0.05, 0) is 37.1 Å². The molecule has 0 saturated carbocycles. The number of hydrogen-bond donors (Lipinski definition) is 0. The molecule has 0 atom stereocenters. The van der Waals surface area contributed by atoms with Crippen LogP contribution >= 0.6 is 11.6 Å². The number of oxazole rings is 2. The van der Waals surface area contributed by atoms with Gasteiger partial charge in [0.25, 0.3) is 0 Å². The fourth-order valence-corrected chi connectivity index (χ4v) is 4.25. The number of likely N-dealkylation sites (tertiary alicyclic amines) is 1. The number of para-hydroxylation sites is 2. The molecule has 0 spiro atoms. The molecule has 2 aromatic heterocycles. The van der Waals surface area contributed by atoms with Crippen molar-refractivity contribution in [1.82, 2.24) is 14.9 Å². The van der Waals surface area contributed by atoms with E-state index in [1.807, 2.05) is 53.4 Å². The fraction of sp³-hybridized carbons (Fsp3) is 0.292. The Balaban J connectivity index is 1.15. The van der Waals surface area contributed by atoms with Crippen LogP contribution in [0.1, 0.15) is 37.0 Å². The molecule has 0 aliphatic carbocycles. The van der Waals surface area contributed by atoms with Gasteiger partial charge >= 0.3 is 0 Å². The summed E-state index contributed by atoms with van der Waals surface area (Å²) in [5, 5.41) is 0.614. The third-order valence-corrected chi connectivity index (χ3v) is 6.08. The van der Waals surface area contributed by atoms with Crippen LogP contribution in [-0.4, -0.2) is 33.9 Å². The van der Waals surface area contributed by atoms with Crippen molar-refractivity contribution in [3.05, 3.63) is 71.5 Å². The van der Waals surface area contributed by atoms with Crippen molar-refractivity contribution in [3.8, 4) is 11.3 Å². The van der Waals surface area contributed by atoms with Crippen molar-refractivity contribution in [2.45, 2.75) is 31.6 Å². The molecule has 2 aromatic carbocycles. The minimum Gasteiger partial charge on any atom is -0.441 e. The number of carbonyl (C=O) groups excluding carboxylic acids is 1. The third-order valence-electron chi connectivity index (χ3n) is 5.75. The Morgan fingerprint density at radius 1 is 1.06 bits per heavy atom. The lowest BCUT2D eigenvalue weighted by Crippen LogP contribution is -2.38. The van der Waals surface area contributed by atoms with Gasteiger partial charge in [-0.3, -0.25) is 4.79 Å². The first-order valence-electron chi connectivity index (χ1n) is 10.5. The highest BCUT2D eigenvalue weighted by atomic mass is 35.5. The Labute approximate surface area is 184 Å². The van der Waals surface area contributed by atoms with Gasteiger partial charge in [0.15, 0.2) is 23.1 Å². The van der Waals surface area contributed by atoms with E-state index in [1.165, 1.54) is 0 Å². The summed E-state index contributed by atoms with van der Waals surface area (Å²) in [4.78, 5) is 23.5. The standard InChI is InChI=1S/C24H22ClN3O3/c25-18-6-2-1-5-17(18)21-15-26-22(30-21)9-10-23(29)28-13-11-16(12-14-28)24-27-19-7-3-4-8-20(19)31-24/h1-8,15-16H,9-14H2. The summed E-state index contributed by atoms with van der Waals surface area (Å²) in [7, 11) is 0. The summed E-state index contributed by atoms with van der Waals surface area (Å²) in [5.41, 5.74) is 2.51. The number of piperidine rings is 1. The SMILES string of the molecule is O=C(CCc1ncc(-c2ccccc2Cl)o1)N1CCC(c2nc3ccccc3o2)CC1. The summed E-state index contributed by atoms with van der Waals surface area (Å²) in [6, 6.07) is 15.3. The van der Waals surface area contributed by atoms with Crippen LogP contribution in [0.5, 0.6) is 0 Å². The predicted octanol–water partition coefficient (Wildman–Crippen LogP) is 5.48. The summed E-state index contributed by atoms with van der Waals surface area (Å²) in [6.45, 7) is 1.41. The van der Waals surface area contributed by atoms with Crippen LogP contribution in [-0.2, 0) is 11.2 Å². The number of nitrogens with zero attached hydrogens (tertiary/aromatic N) is 3. The molecule has 1 saturated heterocycles. The van der Waals surface area contributed by atoms with Gasteiger partial charge in [0.1, 0.15) is 5.52 Å². The zero-order valence-electron chi connectivity index (χ0n) is 17.0. The summed E-state index contributed by atoms with van der Waals surface area (Å²) in [5.74, 6) is 2.31. The monoisotopic (exact) mass is 435 g/mol. The lowest BCUT2D eigenvalue weighted by atomic mass is 9.96. The molecule has 1 fully saturated rings. The molecule has 31 heavy (non-hydrogen) atoms. The quantitative estimate of drug-likeness (QED) is 0.415. The second kappa shape index (κ2) is 8.55. The van der Waals surface area contributed by atoms with Crippen LogP contribution in [0.4, 0.5) is 0 Å². The van der Waals surface area contributed by atoms with Crippen molar-refractivity contribution in [3.63, 3.8) is 0 Å². The van der Waals surface area contributed by atoms with Crippen LogP contribution in [0.15, 0.2) is 63.6 Å². The average molecular weight is 436 g/mol. The maximum Gasteiger partial charge on any atom is 0.223 e. The number of aryl methyl sites for hydroxylation is 1. The van der Waals surface area contributed by atoms with Gasteiger partial charge in [0.2, 0.25) is 5.91 Å². The summed E-state index contributed by atoms with van der Waals surface area (Å²) >= 11 is 6.22. The maximum atomic E-state index is 12.7.